The lowest BCUT2D eigenvalue weighted by molar-refractivity contribution is 0.505. The van der Waals surface area contributed by atoms with Crippen molar-refractivity contribution >= 4 is 23.0 Å². The smallest absolute Gasteiger partial charge is 0.173 e. The van der Waals surface area contributed by atoms with Gasteiger partial charge in [-0.3, -0.25) is 4.68 Å². The van der Waals surface area contributed by atoms with E-state index in [-0.39, 0.29) is 0 Å². The molecule has 1 aromatic carbocycles. The van der Waals surface area contributed by atoms with Gasteiger partial charge in [0, 0.05) is 37.6 Å². The van der Waals surface area contributed by atoms with Crippen LogP contribution in [0.15, 0.2) is 24.3 Å². The minimum atomic E-state index is 0.726. The van der Waals surface area contributed by atoms with E-state index in [1.54, 1.807) is 0 Å². The second-order valence-electron chi connectivity index (χ2n) is 5.57. The van der Waals surface area contributed by atoms with Crippen molar-refractivity contribution in [3.05, 3.63) is 46.8 Å². The molecule has 1 heterocycles. The fraction of sp³-hybridized carbons (Fsp3) is 0.412. The minimum Gasteiger partial charge on any atom is -0.348 e. The maximum Gasteiger partial charge on any atom is 0.173 e. The number of nitrogens with zero attached hydrogens (tertiary/aromatic N) is 3. The first-order valence-electron chi connectivity index (χ1n) is 7.53. The third-order valence-corrected chi connectivity index (χ3v) is 4.45. The molecule has 0 amide bonds. The molecule has 0 aliphatic heterocycles. The maximum absolute atomic E-state index is 5.55. The monoisotopic (exact) mass is 316 g/mol. The maximum atomic E-state index is 5.55. The molecule has 0 aliphatic rings. The molecule has 5 heteroatoms. The molecule has 4 nitrogen and oxygen atoms in total. The Kier molecular flexibility index (Phi) is 5.19. The average Bonchev–Trinajstić information content (AvgIpc) is 2.74. The molecule has 1 N–H and O–H groups in total. The Morgan fingerprint density at radius 1 is 1.32 bits per heavy atom. The zero-order valence-corrected chi connectivity index (χ0v) is 14.8. The highest BCUT2D eigenvalue weighted by molar-refractivity contribution is 7.80. The fourth-order valence-corrected chi connectivity index (χ4v) is 2.69. The quantitative estimate of drug-likeness (QED) is 0.876. The molecule has 0 bridgehead atoms. The topological polar surface area (TPSA) is 33.1 Å². The van der Waals surface area contributed by atoms with Crippen molar-refractivity contribution in [1.82, 2.24) is 14.7 Å². The molecule has 0 radical (unpaired) electrons. The van der Waals surface area contributed by atoms with Gasteiger partial charge >= 0.3 is 0 Å². The van der Waals surface area contributed by atoms with Crippen LogP contribution in [-0.4, -0.2) is 26.8 Å². The Morgan fingerprint density at radius 3 is 2.59 bits per heavy atom. The van der Waals surface area contributed by atoms with E-state index in [1.807, 2.05) is 31.8 Å². The summed E-state index contributed by atoms with van der Waals surface area (Å²) in [6, 6.07) is 8.28. The number of hydrogen-bond acceptors (Lipinski definition) is 2. The van der Waals surface area contributed by atoms with Crippen LogP contribution < -0.4 is 5.32 Å². The van der Waals surface area contributed by atoms with Gasteiger partial charge in [0.25, 0.3) is 0 Å². The van der Waals surface area contributed by atoms with Gasteiger partial charge in [0.2, 0.25) is 0 Å². The second-order valence-corrected chi connectivity index (χ2v) is 5.96. The van der Waals surface area contributed by atoms with Crippen molar-refractivity contribution in [2.24, 2.45) is 7.05 Å². The molecule has 2 rings (SSSR count). The van der Waals surface area contributed by atoms with Crippen molar-refractivity contribution in [1.29, 1.82) is 0 Å². The highest BCUT2D eigenvalue weighted by atomic mass is 32.1. The standard InChI is InChI=1S/C17H24N4S/c1-6-14-9-7-8-10-16(14)18-17(22)20(4)11-15-12(2)19-21(5)13(15)3/h7-10H,6,11H2,1-5H3,(H,18,22). The van der Waals surface area contributed by atoms with E-state index in [0.29, 0.717) is 0 Å². The van der Waals surface area contributed by atoms with Crippen LogP contribution >= 0.6 is 12.2 Å². The van der Waals surface area contributed by atoms with Crippen LogP contribution in [0.4, 0.5) is 5.69 Å². The van der Waals surface area contributed by atoms with Gasteiger partial charge in [0.15, 0.2) is 5.11 Å². The van der Waals surface area contributed by atoms with Crippen molar-refractivity contribution in [3.63, 3.8) is 0 Å². The summed E-state index contributed by atoms with van der Waals surface area (Å²) < 4.78 is 1.92. The van der Waals surface area contributed by atoms with E-state index in [4.69, 9.17) is 12.2 Å². The first-order valence-corrected chi connectivity index (χ1v) is 7.94. The number of anilines is 1. The van der Waals surface area contributed by atoms with Crippen LogP contribution in [-0.2, 0) is 20.0 Å². The SMILES string of the molecule is CCc1ccccc1NC(=S)N(C)Cc1c(C)nn(C)c1C. The Bertz CT molecular complexity index is 675. The number of para-hydroxylation sites is 1. The number of aromatic nitrogens is 2. The summed E-state index contributed by atoms with van der Waals surface area (Å²) in [5.74, 6) is 0. The molecule has 2 aromatic rings. The van der Waals surface area contributed by atoms with Gasteiger partial charge in [-0.1, -0.05) is 25.1 Å². The van der Waals surface area contributed by atoms with Crippen molar-refractivity contribution in [3.8, 4) is 0 Å². The molecule has 1 aromatic heterocycles. The summed E-state index contributed by atoms with van der Waals surface area (Å²) in [4.78, 5) is 2.05. The van der Waals surface area contributed by atoms with Crippen LogP contribution in [0.5, 0.6) is 0 Å². The summed E-state index contributed by atoms with van der Waals surface area (Å²) in [6.07, 6.45) is 0.982. The van der Waals surface area contributed by atoms with Gasteiger partial charge in [-0.15, -0.1) is 0 Å². The molecular formula is C17H24N4S. The minimum absolute atomic E-state index is 0.726. The lowest BCUT2D eigenvalue weighted by Crippen LogP contribution is -2.31. The number of aryl methyl sites for hydroxylation is 3. The zero-order valence-electron chi connectivity index (χ0n) is 14.0. The first-order chi connectivity index (χ1) is 10.4. The zero-order chi connectivity index (χ0) is 16.3. The third kappa shape index (κ3) is 3.47. The third-order valence-electron chi connectivity index (χ3n) is 4.04. The van der Waals surface area contributed by atoms with E-state index in [2.05, 4.69) is 47.4 Å². The summed E-state index contributed by atoms with van der Waals surface area (Å²) in [5, 5.41) is 8.54. The van der Waals surface area contributed by atoms with Crippen molar-refractivity contribution < 1.29 is 0 Å². The number of benzene rings is 1. The molecule has 0 fully saturated rings. The molecule has 0 saturated heterocycles. The van der Waals surface area contributed by atoms with Crippen LogP contribution in [0.1, 0.15) is 29.4 Å². The Morgan fingerprint density at radius 2 is 2.00 bits per heavy atom. The van der Waals surface area contributed by atoms with Gasteiger partial charge in [-0.2, -0.15) is 5.10 Å². The number of rotatable bonds is 4. The van der Waals surface area contributed by atoms with Gasteiger partial charge in [0.1, 0.15) is 0 Å². The van der Waals surface area contributed by atoms with Crippen LogP contribution in [0, 0.1) is 13.8 Å². The predicted molar refractivity (Wildman–Crippen MR) is 96.2 cm³/mol. The lowest BCUT2D eigenvalue weighted by atomic mass is 10.1. The summed E-state index contributed by atoms with van der Waals surface area (Å²) in [5.41, 5.74) is 5.83. The van der Waals surface area contributed by atoms with E-state index < -0.39 is 0 Å². The second kappa shape index (κ2) is 6.92. The Labute approximate surface area is 138 Å². The summed E-state index contributed by atoms with van der Waals surface area (Å²) in [6.45, 7) is 7.03. The van der Waals surface area contributed by atoms with E-state index >= 15 is 0 Å². The van der Waals surface area contributed by atoms with Crippen molar-refractivity contribution in [2.75, 3.05) is 12.4 Å². The van der Waals surface area contributed by atoms with Crippen molar-refractivity contribution in [2.45, 2.75) is 33.7 Å². The molecular weight excluding hydrogens is 292 g/mol. The number of hydrogen-bond donors (Lipinski definition) is 1. The molecule has 118 valence electrons. The average molecular weight is 316 g/mol. The number of thiocarbonyl (C=S) groups is 1. The lowest BCUT2D eigenvalue weighted by Gasteiger charge is -2.22. The Balaban J connectivity index is 2.09. The Hall–Kier alpha value is -1.88. The normalized spacial score (nSPS) is 10.6. The first kappa shape index (κ1) is 16.5. The van der Waals surface area contributed by atoms with E-state index in [0.717, 1.165) is 29.5 Å². The summed E-state index contributed by atoms with van der Waals surface area (Å²) in [7, 11) is 3.98. The van der Waals surface area contributed by atoms with E-state index in [1.165, 1.54) is 16.8 Å². The number of nitrogens with one attached hydrogen (secondary N) is 1. The van der Waals surface area contributed by atoms with Gasteiger partial charge < -0.3 is 10.2 Å². The summed E-state index contributed by atoms with van der Waals surface area (Å²) >= 11 is 5.55. The predicted octanol–water partition coefficient (Wildman–Crippen LogP) is 3.43. The molecule has 0 atom stereocenters. The van der Waals surface area contributed by atoms with E-state index in [9.17, 15) is 0 Å². The van der Waals surface area contributed by atoms with Gasteiger partial charge in [-0.25, -0.2) is 0 Å². The molecule has 0 aliphatic carbocycles. The largest absolute Gasteiger partial charge is 0.348 e. The highest BCUT2D eigenvalue weighted by Gasteiger charge is 2.14. The highest BCUT2D eigenvalue weighted by Crippen LogP contribution is 2.18. The molecule has 0 saturated carbocycles. The van der Waals surface area contributed by atoms with Gasteiger partial charge in [0.05, 0.1) is 5.69 Å². The van der Waals surface area contributed by atoms with Crippen LogP contribution in [0.25, 0.3) is 0 Å². The molecule has 0 spiro atoms. The van der Waals surface area contributed by atoms with Gasteiger partial charge in [-0.05, 0) is 44.1 Å². The van der Waals surface area contributed by atoms with Crippen LogP contribution in [0.2, 0.25) is 0 Å². The fourth-order valence-electron chi connectivity index (χ4n) is 2.52. The molecule has 22 heavy (non-hydrogen) atoms. The molecule has 0 unspecified atom stereocenters. The van der Waals surface area contributed by atoms with Crippen LogP contribution in [0.3, 0.4) is 0 Å².